The summed E-state index contributed by atoms with van der Waals surface area (Å²) >= 11 is 0. The minimum absolute atomic E-state index is 0.239. The SMILES string of the molecule is CO/N=C(\c1ccc(OC)cc1)c1ccc(NC(=O)O)nc1. The van der Waals surface area contributed by atoms with Crippen molar-refractivity contribution in [1.82, 2.24) is 4.98 Å². The maximum Gasteiger partial charge on any atom is 0.410 e. The zero-order valence-electron chi connectivity index (χ0n) is 12.1. The summed E-state index contributed by atoms with van der Waals surface area (Å²) in [6, 6.07) is 10.6. The number of nitrogens with zero attached hydrogens (tertiary/aromatic N) is 2. The van der Waals surface area contributed by atoms with Gasteiger partial charge in [0.2, 0.25) is 0 Å². The second-order valence-corrected chi connectivity index (χ2v) is 4.21. The van der Waals surface area contributed by atoms with Gasteiger partial charge in [-0.05, 0) is 36.4 Å². The van der Waals surface area contributed by atoms with Gasteiger partial charge in [-0.25, -0.2) is 9.78 Å². The van der Waals surface area contributed by atoms with Crippen LogP contribution >= 0.6 is 0 Å². The number of aromatic nitrogens is 1. The first-order chi connectivity index (χ1) is 10.6. The third-order valence-corrected chi connectivity index (χ3v) is 2.82. The van der Waals surface area contributed by atoms with Gasteiger partial charge in [-0.15, -0.1) is 0 Å². The number of amides is 1. The van der Waals surface area contributed by atoms with Crippen LogP contribution in [0.5, 0.6) is 5.75 Å². The largest absolute Gasteiger partial charge is 0.497 e. The zero-order valence-corrected chi connectivity index (χ0v) is 12.1. The highest BCUT2D eigenvalue weighted by Crippen LogP contribution is 2.16. The molecule has 0 bridgehead atoms. The summed E-state index contributed by atoms with van der Waals surface area (Å²) in [6.45, 7) is 0. The van der Waals surface area contributed by atoms with Gasteiger partial charge in [0.1, 0.15) is 24.4 Å². The number of carbonyl (C=O) groups is 1. The standard InChI is InChI=1S/C15H15N3O4/c1-21-12-6-3-10(4-7-12)14(18-22-2)11-5-8-13(16-9-11)17-15(19)20/h3-9H,1-2H3,(H,16,17)(H,19,20)/b18-14+. The van der Waals surface area contributed by atoms with Crippen LogP contribution in [0.25, 0.3) is 0 Å². The van der Waals surface area contributed by atoms with Crippen molar-refractivity contribution in [3.8, 4) is 5.75 Å². The lowest BCUT2D eigenvalue weighted by Gasteiger charge is -2.08. The van der Waals surface area contributed by atoms with Crippen molar-refractivity contribution in [2.45, 2.75) is 0 Å². The minimum Gasteiger partial charge on any atom is -0.497 e. The van der Waals surface area contributed by atoms with E-state index in [-0.39, 0.29) is 5.82 Å². The molecule has 0 spiro atoms. The number of anilines is 1. The van der Waals surface area contributed by atoms with E-state index in [4.69, 9.17) is 14.7 Å². The maximum absolute atomic E-state index is 10.6. The lowest BCUT2D eigenvalue weighted by atomic mass is 10.0. The third-order valence-electron chi connectivity index (χ3n) is 2.82. The van der Waals surface area contributed by atoms with Crippen LogP contribution in [0.3, 0.4) is 0 Å². The highest BCUT2D eigenvalue weighted by atomic mass is 16.6. The molecule has 0 saturated heterocycles. The first kappa shape index (κ1) is 15.3. The molecule has 0 radical (unpaired) electrons. The molecule has 7 nitrogen and oxygen atoms in total. The average molecular weight is 301 g/mol. The highest BCUT2D eigenvalue weighted by Gasteiger charge is 2.10. The summed E-state index contributed by atoms with van der Waals surface area (Å²) < 4.78 is 5.12. The molecule has 2 rings (SSSR count). The molecule has 2 aromatic rings. The van der Waals surface area contributed by atoms with E-state index in [1.54, 1.807) is 19.2 Å². The van der Waals surface area contributed by atoms with E-state index in [2.05, 4.69) is 15.5 Å². The van der Waals surface area contributed by atoms with Gasteiger partial charge in [0.05, 0.1) is 7.11 Å². The monoisotopic (exact) mass is 301 g/mol. The van der Waals surface area contributed by atoms with Gasteiger partial charge in [0.25, 0.3) is 0 Å². The molecule has 7 heteroatoms. The fourth-order valence-corrected chi connectivity index (χ4v) is 1.83. The van der Waals surface area contributed by atoms with Gasteiger partial charge < -0.3 is 14.7 Å². The minimum atomic E-state index is -1.17. The predicted molar refractivity (Wildman–Crippen MR) is 81.5 cm³/mol. The lowest BCUT2D eigenvalue weighted by molar-refractivity contribution is 0.209. The Hall–Kier alpha value is -3.09. The number of oxime groups is 1. The first-order valence-corrected chi connectivity index (χ1v) is 6.36. The molecule has 0 atom stereocenters. The number of hydrogen-bond acceptors (Lipinski definition) is 5. The van der Waals surface area contributed by atoms with Crippen molar-refractivity contribution < 1.29 is 19.5 Å². The van der Waals surface area contributed by atoms with Crippen molar-refractivity contribution in [1.29, 1.82) is 0 Å². The van der Waals surface area contributed by atoms with E-state index in [1.807, 2.05) is 24.3 Å². The molecule has 0 aliphatic rings. The number of ether oxygens (including phenoxy) is 1. The summed E-state index contributed by atoms with van der Waals surface area (Å²) in [5.41, 5.74) is 2.10. The summed E-state index contributed by atoms with van der Waals surface area (Å²) in [5.74, 6) is 0.974. The molecule has 1 aromatic heterocycles. The number of nitrogens with one attached hydrogen (secondary N) is 1. The van der Waals surface area contributed by atoms with E-state index in [1.165, 1.54) is 13.3 Å². The van der Waals surface area contributed by atoms with Crippen LogP contribution in [0.1, 0.15) is 11.1 Å². The number of carboxylic acid groups (broad SMARTS) is 1. The van der Waals surface area contributed by atoms with E-state index < -0.39 is 6.09 Å². The van der Waals surface area contributed by atoms with Gasteiger partial charge in [-0.3, -0.25) is 5.32 Å². The second kappa shape index (κ2) is 7.07. The van der Waals surface area contributed by atoms with Gasteiger partial charge in [-0.1, -0.05) is 5.16 Å². The molecule has 1 amide bonds. The van der Waals surface area contributed by atoms with Gasteiger partial charge >= 0.3 is 6.09 Å². The van der Waals surface area contributed by atoms with Crippen molar-refractivity contribution in [2.75, 3.05) is 19.5 Å². The molecule has 22 heavy (non-hydrogen) atoms. The van der Waals surface area contributed by atoms with Crippen molar-refractivity contribution in [2.24, 2.45) is 5.16 Å². The second-order valence-electron chi connectivity index (χ2n) is 4.21. The molecule has 0 aliphatic carbocycles. The topological polar surface area (TPSA) is 93.0 Å². The zero-order chi connectivity index (χ0) is 15.9. The molecule has 114 valence electrons. The quantitative estimate of drug-likeness (QED) is 0.654. The van der Waals surface area contributed by atoms with Gasteiger partial charge in [0, 0.05) is 17.3 Å². The maximum atomic E-state index is 10.6. The Kier molecular flexibility index (Phi) is 4.92. The molecule has 1 aromatic carbocycles. The van der Waals surface area contributed by atoms with E-state index in [0.29, 0.717) is 11.3 Å². The van der Waals surface area contributed by atoms with Crippen LogP contribution in [0.15, 0.2) is 47.8 Å². The Morgan fingerprint density at radius 1 is 1.14 bits per heavy atom. The molecule has 2 N–H and O–H groups in total. The number of pyridine rings is 1. The third kappa shape index (κ3) is 3.72. The number of rotatable bonds is 5. The Morgan fingerprint density at radius 2 is 1.82 bits per heavy atom. The normalized spacial score (nSPS) is 10.9. The lowest BCUT2D eigenvalue weighted by Crippen LogP contribution is -2.10. The van der Waals surface area contributed by atoms with Crippen LogP contribution in [0, 0.1) is 0 Å². The van der Waals surface area contributed by atoms with E-state index >= 15 is 0 Å². The molecule has 0 fully saturated rings. The van der Waals surface area contributed by atoms with E-state index in [9.17, 15) is 4.79 Å². The van der Waals surface area contributed by atoms with Crippen molar-refractivity contribution in [3.63, 3.8) is 0 Å². The predicted octanol–water partition coefficient (Wildman–Crippen LogP) is 2.58. The summed E-state index contributed by atoms with van der Waals surface area (Å²) in [6.07, 6.45) is 0.356. The van der Waals surface area contributed by atoms with Crippen molar-refractivity contribution >= 4 is 17.6 Å². The number of hydrogen-bond donors (Lipinski definition) is 2. The molecule has 0 saturated carbocycles. The number of benzene rings is 1. The Balaban J connectivity index is 2.31. The smallest absolute Gasteiger partial charge is 0.410 e. The summed E-state index contributed by atoms with van der Waals surface area (Å²) in [7, 11) is 3.05. The van der Waals surface area contributed by atoms with Crippen LogP contribution in [0.4, 0.5) is 10.6 Å². The molecular weight excluding hydrogens is 286 g/mol. The Bertz CT molecular complexity index is 666. The molecular formula is C15H15N3O4. The van der Waals surface area contributed by atoms with Gasteiger partial charge in [-0.2, -0.15) is 0 Å². The van der Waals surface area contributed by atoms with Crippen LogP contribution < -0.4 is 10.1 Å². The van der Waals surface area contributed by atoms with Crippen LogP contribution in [0.2, 0.25) is 0 Å². The van der Waals surface area contributed by atoms with Crippen LogP contribution in [-0.4, -0.2) is 36.1 Å². The van der Waals surface area contributed by atoms with Crippen molar-refractivity contribution in [3.05, 3.63) is 53.7 Å². The first-order valence-electron chi connectivity index (χ1n) is 6.36. The highest BCUT2D eigenvalue weighted by molar-refractivity contribution is 6.12. The summed E-state index contributed by atoms with van der Waals surface area (Å²) in [5, 5.41) is 14.8. The van der Waals surface area contributed by atoms with E-state index in [0.717, 1.165) is 11.3 Å². The molecule has 1 heterocycles. The summed E-state index contributed by atoms with van der Waals surface area (Å²) in [4.78, 5) is 19.5. The average Bonchev–Trinajstić information content (AvgIpc) is 2.53. The van der Waals surface area contributed by atoms with Crippen LogP contribution in [-0.2, 0) is 4.84 Å². The fourth-order valence-electron chi connectivity index (χ4n) is 1.83. The Morgan fingerprint density at radius 3 is 2.32 bits per heavy atom. The fraction of sp³-hybridized carbons (Fsp3) is 0.133. The number of methoxy groups -OCH3 is 1. The Labute approximate surface area is 127 Å². The molecule has 0 aliphatic heterocycles. The van der Waals surface area contributed by atoms with Gasteiger partial charge in [0.15, 0.2) is 0 Å². The molecule has 0 unspecified atom stereocenters.